The number of rotatable bonds is 3. The van der Waals surface area contributed by atoms with Crippen molar-refractivity contribution in [2.75, 3.05) is 13.2 Å². The molecule has 6 heteroatoms. The van der Waals surface area contributed by atoms with Crippen LogP contribution in [-0.4, -0.2) is 41.8 Å². The van der Waals surface area contributed by atoms with Crippen LogP contribution in [0.4, 0.5) is 8.78 Å². The number of hydrogen-bond donors (Lipinski definition) is 2. The summed E-state index contributed by atoms with van der Waals surface area (Å²) in [5.74, 6) is -6.01. The zero-order chi connectivity index (χ0) is 12.0. The molecule has 16 heavy (non-hydrogen) atoms. The Hall–Kier alpha value is -0.750. The summed E-state index contributed by atoms with van der Waals surface area (Å²) in [6, 6.07) is -0.115. The van der Waals surface area contributed by atoms with Crippen LogP contribution < -0.4 is 5.32 Å². The maximum Gasteiger partial charge on any atom is 0.380 e. The molecular weight excluding hydrogens is 220 g/mol. The zero-order valence-electron chi connectivity index (χ0n) is 9.00. The van der Waals surface area contributed by atoms with Gasteiger partial charge in [-0.3, -0.25) is 0 Å². The Labute approximate surface area is 92.0 Å². The molecule has 1 saturated carbocycles. The van der Waals surface area contributed by atoms with E-state index < -0.39 is 23.4 Å². The second kappa shape index (κ2) is 3.63. The second-order valence-electron chi connectivity index (χ2n) is 4.46. The molecule has 0 spiro atoms. The van der Waals surface area contributed by atoms with Gasteiger partial charge in [-0.15, -0.1) is 0 Å². The van der Waals surface area contributed by atoms with Crippen molar-refractivity contribution in [3.8, 4) is 0 Å². The molecule has 0 aromatic carbocycles. The molecule has 1 aliphatic heterocycles. The monoisotopic (exact) mass is 235 g/mol. The molecule has 3 atom stereocenters. The molecule has 0 aromatic rings. The SMILES string of the molecule is CCOC(=O)C(F)(F)C1(O)CC2CC1CN2. The van der Waals surface area contributed by atoms with Gasteiger partial charge in [0, 0.05) is 18.5 Å². The number of carbonyl (C=O) groups is 1. The van der Waals surface area contributed by atoms with E-state index in [-0.39, 0.29) is 19.1 Å². The van der Waals surface area contributed by atoms with Gasteiger partial charge >= 0.3 is 11.9 Å². The average Bonchev–Trinajstić information content (AvgIpc) is 2.78. The Kier molecular flexibility index (Phi) is 2.66. The van der Waals surface area contributed by atoms with E-state index in [0.29, 0.717) is 13.0 Å². The number of aliphatic hydroxyl groups is 1. The summed E-state index contributed by atoms with van der Waals surface area (Å²) in [6.45, 7) is 1.67. The van der Waals surface area contributed by atoms with E-state index >= 15 is 0 Å². The molecule has 2 aliphatic rings. The summed E-state index contributed by atoms with van der Waals surface area (Å²) in [7, 11) is 0. The van der Waals surface area contributed by atoms with E-state index in [4.69, 9.17) is 0 Å². The van der Waals surface area contributed by atoms with Gasteiger partial charge in [-0.2, -0.15) is 8.78 Å². The number of fused-ring (bicyclic) bond motifs is 2. The lowest BCUT2D eigenvalue weighted by atomic mass is 9.83. The molecule has 3 unspecified atom stereocenters. The molecule has 1 heterocycles. The number of nitrogens with one attached hydrogen (secondary N) is 1. The third kappa shape index (κ3) is 1.43. The topological polar surface area (TPSA) is 58.6 Å². The van der Waals surface area contributed by atoms with Crippen LogP contribution in [0.1, 0.15) is 19.8 Å². The largest absolute Gasteiger partial charge is 0.461 e. The Morgan fingerprint density at radius 2 is 2.38 bits per heavy atom. The normalized spacial score (nSPS) is 37.8. The molecule has 2 fully saturated rings. The first kappa shape index (κ1) is 11.7. The fourth-order valence-electron chi connectivity index (χ4n) is 2.66. The summed E-state index contributed by atoms with van der Waals surface area (Å²) in [5, 5.41) is 13.0. The van der Waals surface area contributed by atoms with Crippen molar-refractivity contribution in [2.24, 2.45) is 5.92 Å². The van der Waals surface area contributed by atoms with E-state index in [9.17, 15) is 18.7 Å². The fraction of sp³-hybridized carbons (Fsp3) is 0.900. The molecule has 4 nitrogen and oxygen atoms in total. The highest BCUT2D eigenvalue weighted by molar-refractivity contribution is 5.79. The lowest BCUT2D eigenvalue weighted by molar-refractivity contribution is -0.224. The van der Waals surface area contributed by atoms with Crippen LogP contribution in [0.3, 0.4) is 0 Å². The van der Waals surface area contributed by atoms with Crippen LogP contribution in [0.5, 0.6) is 0 Å². The van der Waals surface area contributed by atoms with Crippen LogP contribution in [0, 0.1) is 5.92 Å². The summed E-state index contributed by atoms with van der Waals surface area (Å²) in [6.07, 6.45) is 0.398. The Morgan fingerprint density at radius 3 is 2.81 bits per heavy atom. The number of hydrogen-bond acceptors (Lipinski definition) is 4. The van der Waals surface area contributed by atoms with E-state index in [2.05, 4.69) is 10.1 Å². The fourth-order valence-corrected chi connectivity index (χ4v) is 2.66. The van der Waals surface area contributed by atoms with Crippen LogP contribution in [-0.2, 0) is 9.53 Å². The smallest absolute Gasteiger partial charge is 0.380 e. The molecule has 2 rings (SSSR count). The van der Waals surface area contributed by atoms with E-state index in [1.807, 2.05) is 0 Å². The number of piperidine rings is 1. The number of ether oxygens (including phenoxy) is 1. The van der Waals surface area contributed by atoms with Gasteiger partial charge in [0.15, 0.2) is 0 Å². The highest BCUT2D eigenvalue weighted by Gasteiger charge is 2.68. The van der Waals surface area contributed by atoms with Crippen LogP contribution in [0.2, 0.25) is 0 Å². The van der Waals surface area contributed by atoms with Crippen molar-refractivity contribution in [1.29, 1.82) is 0 Å². The standard InChI is InChI=1S/C10H15F2NO3/c1-2-16-8(14)10(11,12)9(15)4-7-3-6(9)5-13-7/h6-7,13,15H,2-5H2,1H3. The second-order valence-corrected chi connectivity index (χ2v) is 4.46. The minimum atomic E-state index is -3.81. The third-order valence-electron chi connectivity index (χ3n) is 3.53. The predicted molar refractivity (Wildman–Crippen MR) is 51.0 cm³/mol. The average molecular weight is 235 g/mol. The lowest BCUT2D eigenvalue weighted by Crippen LogP contribution is -2.59. The highest BCUT2D eigenvalue weighted by Crippen LogP contribution is 2.49. The van der Waals surface area contributed by atoms with E-state index in [0.717, 1.165) is 0 Å². The van der Waals surface area contributed by atoms with Gasteiger partial charge in [0.05, 0.1) is 6.61 Å². The van der Waals surface area contributed by atoms with E-state index in [1.54, 1.807) is 0 Å². The Morgan fingerprint density at radius 1 is 1.69 bits per heavy atom. The molecule has 0 aromatic heterocycles. The van der Waals surface area contributed by atoms with Gasteiger partial charge in [-0.1, -0.05) is 0 Å². The maximum absolute atomic E-state index is 13.8. The van der Waals surface area contributed by atoms with Crippen LogP contribution in [0.15, 0.2) is 0 Å². The van der Waals surface area contributed by atoms with Gasteiger partial charge in [-0.25, -0.2) is 4.79 Å². The molecule has 0 radical (unpaired) electrons. The van der Waals surface area contributed by atoms with Crippen molar-refractivity contribution in [1.82, 2.24) is 5.32 Å². The summed E-state index contributed by atoms with van der Waals surface area (Å²) in [5.41, 5.74) is -2.24. The van der Waals surface area contributed by atoms with Gasteiger partial charge in [0.1, 0.15) is 5.60 Å². The van der Waals surface area contributed by atoms with Gasteiger partial charge < -0.3 is 15.2 Å². The number of halogens is 2. The first-order chi connectivity index (χ1) is 7.41. The minimum Gasteiger partial charge on any atom is -0.461 e. The van der Waals surface area contributed by atoms with Crippen molar-refractivity contribution >= 4 is 5.97 Å². The lowest BCUT2D eigenvalue weighted by Gasteiger charge is -2.37. The van der Waals surface area contributed by atoms with Crippen molar-refractivity contribution in [2.45, 2.75) is 37.3 Å². The Bertz CT molecular complexity index is 310. The maximum atomic E-state index is 13.8. The highest BCUT2D eigenvalue weighted by atomic mass is 19.3. The van der Waals surface area contributed by atoms with Crippen molar-refractivity contribution in [3.05, 3.63) is 0 Å². The first-order valence-corrected chi connectivity index (χ1v) is 5.42. The number of esters is 1. The molecule has 2 N–H and O–H groups in total. The molecule has 1 aliphatic carbocycles. The third-order valence-corrected chi connectivity index (χ3v) is 3.53. The summed E-state index contributed by atoms with van der Waals surface area (Å²) < 4.78 is 31.9. The Balaban J connectivity index is 2.19. The van der Waals surface area contributed by atoms with Crippen LogP contribution in [0.25, 0.3) is 0 Å². The molecule has 2 bridgehead atoms. The zero-order valence-corrected chi connectivity index (χ0v) is 9.00. The van der Waals surface area contributed by atoms with Gasteiger partial charge in [-0.05, 0) is 19.8 Å². The molecule has 92 valence electrons. The van der Waals surface area contributed by atoms with Gasteiger partial charge in [0.2, 0.25) is 0 Å². The summed E-state index contributed by atoms with van der Waals surface area (Å²) >= 11 is 0. The minimum absolute atomic E-state index is 0.0938. The molecule has 1 saturated heterocycles. The van der Waals surface area contributed by atoms with E-state index in [1.165, 1.54) is 6.92 Å². The number of alkyl halides is 2. The van der Waals surface area contributed by atoms with Crippen molar-refractivity contribution in [3.63, 3.8) is 0 Å². The van der Waals surface area contributed by atoms with Gasteiger partial charge in [0.25, 0.3) is 0 Å². The quantitative estimate of drug-likeness (QED) is 0.691. The number of carbonyl (C=O) groups excluding carboxylic acids is 1. The predicted octanol–water partition coefficient (Wildman–Crippen LogP) is 0.298. The van der Waals surface area contributed by atoms with Crippen molar-refractivity contribution < 1.29 is 23.4 Å². The molecule has 0 amide bonds. The van der Waals surface area contributed by atoms with Crippen LogP contribution >= 0.6 is 0 Å². The summed E-state index contributed by atoms with van der Waals surface area (Å²) in [4.78, 5) is 11.2. The molecular formula is C10H15F2NO3. The first-order valence-electron chi connectivity index (χ1n) is 5.42.